The van der Waals surface area contributed by atoms with E-state index in [4.69, 9.17) is 11.6 Å². The van der Waals surface area contributed by atoms with Crippen LogP contribution in [0.25, 0.3) is 11.3 Å². The minimum Gasteiger partial charge on any atom is -0.323 e. The second-order valence-corrected chi connectivity index (χ2v) is 7.29. The third kappa shape index (κ3) is 4.75. The number of anilines is 2. The predicted molar refractivity (Wildman–Crippen MR) is 118 cm³/mol. The Morgan fingerprint density at radius 2 is 1.70 bits per heavy atom. The molecule has 0 saturated carbocycles. The average molecular weight is 425 g/mol. The highest BCUT2D eigenvalue weighted by Gasteiger charge is 2.21. The third-order valence-electron chi connectivity index (χ3n) is 4.47. The Bertz CT molecular complexity index is 1160. The van der Waals surface area contributed by atoms with E-state index in [1.165, 1.54) is 13.0 Å². The van der Waals surface area contributed by atoms with Crippen molar-refractivity contribution in [3.63, 3.8) is 0 Å². The summed E-state index contributed by atoms with van der Waals surface area (Å²) >= 11 is 6.10. The van der Waals surface area contributed by atoms with Crippen LogP contribution in [0.4, 0.5) is 11.4 Å². The SMILES string of the molecule is CC(=O)Nc1cc(-c2ccc(C)cc2)nn([C@@H](C)C(=O)Nc2ccccc2Cl)c1=O. The lowest BCUT2D eigenvalue weighted by Gasteiger charge is -2.17. The third-order valence-corrected chi connectivity index (χ3v) is 4.80. The molecule has 0 aliphatic rings. The summed E-state index contributed by atoms with van der Waals surface area (Å²) in [6, 6.07) is 14.9. The molecule has 3 rings (SSSR count). The molecule has 2 amide bonds. The minimum absolute atomic E-state index is 0.0467. The number of hydrogen-bond acceptors (Lipinski definition) is 4. The molecule has 0 aliphatic heterocycles. The van der Waals surface area contributed by atoms with Crippen molar-refractivity contribution in [2.45, 2.75) is 26.8 Å². The second kappa shape index (κ2) is 8.92. The predicted octanol–water partition coefficient (Wildman–Crippen LogP) is 4.03. The first-order valence-corrected chi connectivity index (χ1v) is 9.68. The minimum atomic E-state index is -0.952. The van der Waals surface area contributed by atoms with Gasteiger partial charge in [-0.3, -0.25) is 14.4 Å². The maximum Gasteiger partial charge on any atom is 0.291 e. The van der Waals surface area contributed by atoms with Crippen LogP contribution >= 0.6 is 11.6 Å². The van der Waals surface area contributed by atoms with Gasteiger partial charge in [0.25, 0.3) is 5.56 Å². The maximum atomic E-state index is 12.9. The zero-order valence-electron chi connectivity index (χ0n) is 16.8. The number of hydrogen-bond donors (Lipinski definition) is 2. The first kappa shape index (κ1) is 21.3. The zero-order valence-corrected chi connectivity index (χ0v) is 17.5. The van der Waals surface area contributed by atoms with Crippen molar-refractivity contribution in [3.05, 3.63) is 75.5 Å². The number of nitrogens with one attached hydrogen (secondary N) is 2. The van der Waals surface area contributed by atoms with Gasteiger partial charge in [-0.05, 0) is 32.0 Å². The molecule has 0 bridgehead atoms. The lowest BCUT2D eigenvalue weighted by atomic mass is 10.1. The summed E-state index contributed by atoms with van der Waals surface area (Å²) in [6.45, 7) is 4.82. The van der Waals surface area contributed by atoms with Crippen molar-refractivity contribution in [2.75, 3.05) is 10.6 Å². The van der Waals surface area contributed by atoms with E-state index in [-0.39, 0.29) is 5.69 Å². The molecular formula is C22H21ClN4O3. The van der Waals surface area contributed by atoms with Crippen LogP contribution in [0.5, 0.6) is 0 Å². The van der Waals surface area contributed by atoms with Crippen molar-refractivity contribution >= 4 is 34.8 Å². The zero-order chi connectivity index (χ0) is 21.8. The molecule has 1 atom stereocenters. The van der Waals surface area contributed by atoms with Crippen LogP contribution < -0.4 is 16.2 Å². The largest absolute Gasteiger partial charge is 0.323 e. The molecule has 1 heterocycles. The Morgan fingerprint density at radius 3 is 2.33 bits per heavy atom. The lowest BCUT2D eigenvalue weighted by molar-refractivity contribution is -0.119. The first-order chi connectivity index (χ1) is 14.3. The van der Waals surface area contributed by atoms with Crippen molar-refractivity contribution in [3.8, 4) is 11.3 Å². The smallest absolute Gasteiger partial charge is 0.291 e. The summed E-state index contributed by atoms with van der Waals surface area (Å²) in [5, 5.41) is 9.99. The number of halogens is 1. The van der Waals surface area contributed by atoms with E-state index in [9.17, 15) is 14.4 Å². The second-order valence-electron chi connectivity index (χ2n) is 6.89. The quantitative estimate of drug-likeness (QED) is 0.646. The van der Waals surface area contributed by atoms with Crippen LogP contribution in [0.2, 0.25) is 5.02 Å². The monoisotopic (exact) mass is 424 g/mol. The molecule has 0 saturated heterocycles. The Morgan fingerprint density at radius 1 is 1.03 bits per heavy atom. The number of para-hydroxylation sites is 1. The van der Waals surface area contributed by atoms with Gasteiger partial charge < -0.3 is 10.6 Å². The number of carbonyl (C=O) groups is 2. The van der Waals surface area contributed by atoms with E-state index < -0.39 is 23.4 Å². The maximum absolute atomic E-state index is 12.9. The van der Waals surface area contributed by atoms with Crippen LogP contribution in [0, 0.1) is 6.92 Å². The van der Waals surface area contributed by atoms with Gasteiger partial charge in [-0.25, -0.2) is 4.68 Å². The molecule has 30 heavy (non-hydrogen) atoms. The van der Waals surface area contributed by atoms with Crippen molar-refractivity contribution in [1.82, 2.24) is 9.78 Å². The first-order valence-electron chi connectivity index (χ1n) is 9.30. The van der Waals surface area contributed by atoms with Crippen LogP contribution in [0.3, 0.4) is 0 Å². The summed E-state index contributed by atoms with van der Waals surface area (Å²) in [5.41, 5.74) is 2.17. The van der Waals surface area contributed by atoms with E-state index in [2.05, 4.69) is 15.7 Å². The van der Waals surface area contributed by atoms with Gasteiger partial charge in [-0.15, -0.1) is 0 Å². The standard InChI is InChI=1S/C22H21ClN4O3/c1-13-8-10-16(11-9-13)19-12-20(24-15(3)28)22(30)27(26-19)14(2)21(29)25-18-7-5-4-6-17(18)23/h4-12,14H,1-3H3,(H,24,28)(H,25,29)/t14-/m0/s1. The van der Waals surface area contributed by atoms with Gasteiger partial charge in [0.2, 0.25) is 11.8 Å². The van der Waals surface area contributed by atoms with E-state index in [0.717, 1.165) is 15.8 Å². The van der Waals surface area contributed by atoms with Crippen LogP contribution in [0.1, 0.15) is 25.5 Å². The molecule has 8 heteroatoms. The topological polar surface area (TPSA) is 93.1 Å². The molecule has 154 valence electrons. The molecule has 7 nitrogen and oxygen atoms in total. The Kier molecular flexibility index (Phi) is 6.32. The van der Waals surface area contributed by atoms with Crippen LogP contribution in [-0.4, -0.2) is 21.6 Å². The van der Waals surface area contributed by atoms with E-state index in [0.29, 0.717) is 16.4 Å². The fourth-order valence-electron chi connectivity index (χ4n) is 2.83. The Balaban J connectivity index is 2.03. The molecule has 0 radical (unpaired) electrons. The fraction of sp³-hybridized carbons (Fsp3) is 0.182. The summed E-state index contributed by atoms with van der Waals surface area (Å²) in [6.07, 6.45) is 0. The molecule has 2 aromatic carbocycles. The highest BCUT2D eigenvalue weighted by atomic mass is 35.5. The van der Waals surface area contributed by atoms with Crippen molar-refractivity contribution < 1.29 is 9.59 Å². The van der Waals surface area contributed by atoms with Gasteiger partial charge in [0, 0.05) is 12.5 Å². The van der Waals surface area contributed by atoms with Gasteiger partial charge >= 0.3 is 0 Å². The van der Waals surface area contributed by atoms with Gasteiger partial charge in [0.05, 0.1) is 16.4 Å². The lowest BCUT2D eigenvalue weighted by Crippen LogP contribution is -2.35. The molecule has 0 fully saturated rings. The molecular weight excluding hydrogens is 404 g/mol. The van der Waals surface area contributed by atoms with Gasteiger partial charge in [-0.1, -0.05) is 53.6 Å². The van der Waals surface area contributed by atoms with Crippen LogP contribution in [-0.2, 0) is 9.59 Å². The summed E-state index contributed by atoms with van der Waals surface area (Å²) in [4.78, 5) is 37.3. The van der Waals surface area contributed by atoms with E-state index >= 15 is 0 Å². The number of rotatable bonds is 5. The van der Waals surface area contributed by atoms with Crippen molar-refractivity contribution in [2.24, 2.45) is 0 Å². The average Bonchev–Trinajstić information content (AvgIpc) is 2.71. The number of nitrogens with zero attached hydrogens (tertiary/aromatic N) is 2. The normalized spacial score (nSPS) is 11.6. The number of benzene rings is 2. The van der Waals surface area contributed by atoms with Crippen molar-refractivity contribution in [1.29, 1.82) is 0 Å². The number of amides is 2. The van der Waals surface area contributed by atoms with Gasteiger partial charge in [0.15, 0.2) is 0 Å². The Labute approximate surface area is 178 Å². The number of aryl methyl sites for hydroxylation is 1. The summed E-state index contributed by atoms with van der Waals surface area (Å²) < 4.78 is 1.06. The fourth-order valence-corrected chi connectivity index (χ4v) is 3.01. The van der Waals surface area contributed by atoms with Crippen LogP contribution in [0.15, 0.2) is 59.4 Å². The highest BCUT2D eigenvalue weighted by Crippen LogP contribution is 2.23. The molecule has 3 aromatic rings. The molecule has 0 unspecified atom stereocenters. The highest BCUT2D eigenvalue weighted by molar-refractivity contribution is 6.33. The van der Waals surface area contributed by atoms with E-state index in [1.54, 1.807) is 31.2 Å². The molecule has 2 N–H and O–H groups in total. The number of aromatic nitrogens is 2. The molecule has 1 aromatic heterocycles. The summed E-state index contributed by atoms with van der Waals surface area (Å²) in [7, 11) is 0. The van der Waals surface area contributed by atoms with Gasteiger partial charge in [0.1, 0.15) is 11.7 Å². The number of carbonyl (C=O) groups excluding carboxylic acids is 2. The molecule has 0 aliphatic carbocycles. The Hall–Kier alpha value is -3.45. The van der Waals surface area contributed by atoms with E-state index in [1.807, 2.05) is 31.2 Å². The van der Waals surface area contributed by atoms with Gasteiger partial charge in [-0.2, -0.15) is 5.10 Å². The molecule has 0 spiro atoms. The summed E-state index contributed by atoms with van der Waals surface area (Å²) in [5.74, 6) is -0.861.